The molecule has 0 bridgehead atoms. The van der Waals surface area contributed by atoms with Crippen LogP contribution >= 0.6 is 0 Å². The molecular formula is C16H21F2N3O3. The van der Waals surface area contributed by atoms with Gasteiger partial charge in [-0.05, 0) is 25.0 Å². The van der Waals surface area contributed by atoms with Crippen LogP contribution in [-0.4, -0.2) is 49.5 Å². The summed E-state index contributed by atoms with van der Waals surface area (Å²) in [7, 11) is 0. The minimum absolute atomic E-state index is 0.122. The predicted molar refractivity (Wildman–Crippen MR) is 83.2 cm³/mol. The Morgan fingerprint density at radius 3 is 2.88 bits per heavy atom. The van der Waals surface area contributed by atoms with Gasteiger partial charge < -0.3 is 20.7 Å². The number of ether oxygens (including phenoxy) is 1. The lowest BCUT2D eigenvalue weighted by Gasteiger charge is -2.32. The SMILES string of the molecule is NCCNC(=O)C1CCCN(C(=O)COc2ccc(F)cc2F)C1. The zero-order chi connectivity index (χ0) is 17.5. The number of nitrogens with zero attached hydrogens (tertiary/aromatic N) is 1. The van der Waals surface area contributed by atoms with Crippen molar-refractivity contribution in [3.05, 3.63) is 29.8 Å². The monoisotopic (exact) mass is 341 g/mol. The fourth-order valence-electron chi connectivity index (χ4n) is 2.58. The molecule has 1 aliphatic heterocycles. The van der Waals surface area contributed by atoms with E-state index in [4.69, 9.17) is 10.5 Å². The van der Waals surface area contributed by atoms with Gasteiger partial charge in [-0.15, -0.1) is 0 Å². The van der Waals surface area contributed by atoms with Gasteiger partial charge in [0.15, 0.2) is 18.2 Å². The summed E-state index contributed by atoms with van der Waals surface area (Å²) in [5.74, 6) is -2.50. The first-order chi connectivity index (χ1) is 11.5. The van der Waals surface area contributed by atoms with E-state index in [0.717, 1.165) is 12.1 Å². The first-order valence-electron chi connectivity index (χ1n) is 7.84. The number of halogens is 2. The molecule has 1 unspecified atom stereocenters. The van der Waals surface area contributed by atoms with Gasteiger partial charge in [-0.25, -0.2) is 8.78 Å². The van der Waals surface area contributed by atoms with Crippen molar-refractivity contribution in [1.82, 2.24) is 10.2 Å². The Kier molecular flexibility index (Phi) is 6.48. The lowest BCUT2D eigenvalue weighted by molar-refractivity contribution is -0.137. The maximum atomic E-state index is 13.5. The number of nitrogens with two attached hydrogens (primary N) is 1. The van der Waals surface area contributed by atoms with Gasteiger partial charge in [0.2, 0.25) is 5.91 Å². The molecule has 8 heteroatoms. The summed E-state index contributed by atoms with van der Waals surface area (Å²) in [5, 5.41) is 2.71. The van der Waals surface area contributed by atoms with Crippen molar-refractivity contribution in [2.24, 2.45) is 11.7 Å². The molecule has 6 nitrogen and oxygen atoms in total. The van der Waals surface area contributed by atoms with E-state index in [1.807, 2.05) is 0 Å². The average molecular weight is 341 g/mol. The number of carbonyl (C=O) groups excluding carboxylic acids is 2. The maximum Gasteiger partial charge on any atom is 0.260 e. The third-order valence-corrected chi connectivity index (χ3v) is 3.83. The molecule has 1 aromatic rings. The van der Waals surface area contributed by atoms with Gasteiger partial charge in [-0.3, -0.25) is 9.59 Å². The summed E-state index contributed by atoms with van der Waals surface area (Å²) < 4.78 is 31.4. The Bertz CT molecular complexity index is 598. The highest BCUT2D eigenvalue weighted by atomic mass is 19.1. The number of piperidine rings is 1. The lowest BCUT2D eigenvalue weighted by Crippen LogP contribution is -2.47. The van der Waals surface area contributed by atoms with Crippen LogP contribution in [0, 0.1) is 17.6 Å². The second-order valence-corrected chi connectivity index (χ2v) is 5.62. The third kappa shape index (κ3) is 4.89. The van der Waals surface area contributed by atoms with Crippen molar-refractivity contribution in [3.63, 3.8) is 0 Å². The first-order valence-corrected chi connectivity index (χ1v) is 7.84. The van der Waals surface area contributed by atoms with Crippen molar-refractivity contribution in [3.8, 4) is 5.75 Å². The van der Waals surface area contributed by atoms with Gasteiger partial charge in [-0.2, -0.15) is 0 Å². The summed E-state index contributed by atoms with van der Waals surface area (Å²) in [6.07, 6.45) is 1.41. The van der Waals surface area contributed by atoms with Crippen LogP contribution in [0.5, 0.6) is 5.75 Å². The van der Waals surface area contributed by atoms with Crippen LogP contribution in [0.15, 0.2) is 18.2 Å². The number of carbonyl (C=O) groups is 2. The molecule has 1 saturated heterocycles. The zero-order valence-corrected chi connectivity index (χ0v) is 13.3. The molecule has 1 aliphatic rings. The van der Waals surface area contributed by atoms with E-state index >= 15 is 0 Å². The molecule has 2 amide bonds. The van der Waals surface area contributed by atoms with Crippen LogP contribution in [0.3, 0.4) is 0 Å². The largest absolute Gasteiger partial charge is 0.481 e. The van der Waals surface area contributed by atoms with E-state index in [2.05, 4.69) is 5.32 Å². The molecule has 0 aromatic heterocycles. The molecule has 1 atom stereocenters. The molecule has 132 valence electrons. The lowest BCUT2D eigenvalue weighted by atomic mass is 9.97. The Morgan fingerprint density at radius 2 is 2.17 bits per heavy atom. The smallest absolute Gasteiger partial charge is 0.260 e. The molecule has 0 spiro atoms. The second kappa shape index (κ2) is 8.58. The second-order valence-electron chi connectivity index (χ2n) is 5.62. The molecule has 0 radical (unpaired) electrons. The van der Waals surface area contributed by atoms with E-state index in [-0.39, 0.29) is 30.1 Å². The molecule has 24 heavy (non-hydrogen) atoms. The Labute approximate surface area is 138 Å². The Balaban J connectivity index is 1.86. The van der Waals surface area contributed by atoms with Crippen molar-refractivity contribution < 1.29 is 23.1 Å². The number of likely N-dealkylation sites (tertiary alicyclic amines) is 1. The summed E-state index contributed by atoms with van der Waals surface area (Å²) >= 11 is 0. The fraction of sp³-hybridized carbons (Fsp3) is 0.500. The highest BCUT2D eigenvalue weighted by molar-refractivity contribution is 5.82. The highest BCUT2D eigenvalue weighted by Crippen LogP contribution is 2.19. The number of hydrogen-bond acceptors (Lipinski definition) is 4. The molecule has 0 saturated carbocycles. The standard InChI is InChI=1S/C16H21F2N3O3/c17-12-3-4-14(13(18)8-12)24-10-15(22)21-7-1-2-11(9-21)16(23)20-6-5-19/h3-4,8,11H,1-2,5-7,9-10,19H2,(H,20,23). The summed E-state index contributed by atoms with van der Waals surface area (Å²) in [5.41, 5.74) is 5.35. The van der Waals surface area contributed by atoms with Crippen LogP contribution < -0.4 is 15.8 Å². The number of hydrogen-bond donors (Lipinski definition) is 2. The Hall–Kier alpha value is -2.22. The third-order valence-electron chi connectivity index (χ3n) is 3.83. The van der Waals surface area contributed by atoms with Gasteiger partial charge in [0.05, 0.1) is 5.92 Å². The molecule has 1 fully saturated rings. The Morgan fingerprint density at radius 1 is 1.38 bits per heavy atom. The summed E-state index contributed by atoms with van der Waals surface area (Å²) in [6.45, 7) is 1.22. The number of rotatable bonds is 6. The summed E-state index contributed by atoms with van der Waals surface area (Å²) in [4.78, 5) is 25.7. The van der Waals surface area contributed by atoms with Crippen LogP contribution in [-0.2, 0) is 9.59 Å². The van der Waals surface area contributed by atoms with E-state index < -0.39 is 11.6 Å². The van der Waals surface area contributed by atoms with Gasteiger partial charge in [0, 0.05) is 32.2 Å². The van der Waals surface area contributed by atoms with E-state index in [1.165, 1.54) is 4.90 Å². The molecular weight excluding hydrogens is 320 g/mol. The average Bonchev–Trinajstić information content (AvgIpc) is 2.58. The maximum absolute atomic E-state index is 13.5. The quantitative estimate of drug-likeness (QED) is 0.796. The molecule has 0 aliphatic carbocycles. The van der Waals surface area contributed by atoms with Crippen molar-refractivity contribution in [1.29, 1.82) is 0 Å². The normalized spacial score (nSPS) is 17.5. The molecule has 1 heterocycles. The first kappa shape index (κ1) is 18.1. The van der Waals surface area contributed by atoms with Crippen molar-refractivity contribution in [2.45, 2.75) is 12.8 Å². The fourth-order valence-corrected chi connectivity index (χ4v) is 2.58. The molecule has 3 N–H and O–H groups in total. The predicted octanol–water partition coefficient (Wildman–Crippen LogP) is 0.657. The van der Waals surface area contributed by atoms with Crippen LogP contribution in [0.25, 0.3) is 0 Å². The van der Waals surface area contributed by atoms with Crippen LogP contribution in [0.4, 0.5) is 8.78 Å². The summed E-state index contributed by atoms with van der Waals surface area (Å²) in [6, 6.07) is 2.89. The topological polar surface area (TPSA) is 84.7 Å². The molecule has 1 aromatic carbocycles. The van der Waals surface area contributed by atoms with Gasteiger partial charge in [0.25, 0.3) is 5.91 Å². The van der Waals surface area contributed by atoms with Crippen LogP contribution in [0.2, 0.25) is 0 Å². The van der Waals surface area contributed by atoms with E-state index in [0.29, 0.717) is 45.1 Å². The van der Waals surface area contributed by atoms with Crippen LogP contribution in [0.1, 0.15) is 12.8 Å². The number of nitrogens with one attached hydrogen (secondary N) is 1. The van der Waals surface area contributed by atoms with Crippen molar-refractivity contribution >= 4 is 11.8 Å². The van der Waals surface area contributed by atoms with Gasteiger partial charge in [-0.1, -0.05) is 0 Å². The van der Waals surface area contributed by atoms with Gasteiger partial charge in [0.1, 0.15) is 5.82 Å². The number of amides is 2. The van der Waals surface area contributed by atoms with E-state index in [1.54, 1.807) is 0 Å². The molecule has 2 rings (SSSR count). The van der Waals surface area contributed by atoms with Crippen molar-refractivity contribution in [2.75, 3.05) is 32.8 Å². The van der Waals surface area contributed by atoms with E-state index in [9.17, 15) is 18.4 Å². The zero-order valence-electron chi connectivity index (χ0n) is 13.3. The number of benzene rings is 1. The minimum atomic E-state index is -0.861. The highest BCUT2D eigenvalue weighted by Gasteiger charge is 2.28. The minimum Gasteiger partial charge on any atom is -0.481 e. The van der Waals surface area contributed by atoms with Gasteiger partial charge >= 0.3 is 0 Å².